The Morgan fingerprint density at radius 2 is 1.43 bits per heavy atom. The summed E-state index contributed by atoms with van der Waals surface area (Å²) in [5, 5.41) is 0. The molecule has 1 nitrogen and oxygen atoms in total. The standard InChI is InChI=1S/C13H22O/c1-5-7-9-11(3)13(14)12(4)10-8-6-2/h5-6,11-12H,1-2,7-10H2,3-4H3. The topological polar surface area (TPSA) is 17.1 Å². The fraction of sp³-hybridized carbons (Fsp3) is 0.615. The van der Waals surface area contributed by atoms with Crippen LogP contribution in [0, 0.1) is 11.8 Å². The highest BCUT2D eigenvalue weighted by Crippen LogP contribution is 2.16. The highest BCUT2D eigenvalue weighted by Gasteiger charge is 2.18. The van der Waals surface area contributed by atoms with E-state index in [0.29, 0.717) is 5.78 Å². The van der Waals surface area contributed by atoms with Gasteiger partial charge in [0.2, 0.25) is 0 Å². The van der Waals surface area contributed by atoms with Crippen LogP contribution < -0.4 is 0 Å². The maximum absolute atomic E-state index is 11.8. The molecular weight excluding hydrogens is 172 g/mol. The van der Waals surface area contributed by atoms with Crippen molar-refractivity contribution in [2.45, 2.75) is 39.5 Å². The van der Waals surface area contributed by atoms with E-state index < -0.39 is 0 Å². The van der Waals surface area contributed by atoms with Gasteiger partial charge in [-0.15, -0.1) is 13.2 Å². The van der Waals surface area contributed by atoms with E-state index in [1.54, 1.807) is 0 Å². The second-order valence-corrected chi connectivity index (χ2v) is 3.94. The van der Waals surface area contributed by atoms with E-state index >= 15 is 0 Å². The molecule has 0 heterocycles. The first-order valence-electron chi connectivity index (χ1n) is 5.39. The van der Waals surface area contributed by atoms with Crippen LogP contribution in [0.25, 0.3) is 0 Å². The van der Waals surface area contributed by atoms with Crippen molar-refractivity contribution in [2.75, 3.05) is 0 Å². The zero-order valence-electron chi connectivity index (χ0n) is 9.46. The van der Waals surface area contributed by atoms with E-state index in [1.807, 2.05) is 26.0 Å². The third-order valence-corrected chi connectivity index (χ3v) is 2.58. The van der Waals surface area contributed by atoms with Gasteiger partial charge in [0, 0.05) is 11.8 Å². The smallest absolute Gasteiger partial charge is 0.138 e. The molecule has 0 fully saturated rings. The van der Waals surface area contributed by atoms with E-state index in [0.717, 1.165) is 25.7 Å². The van der Waals surface area contributed by atoms with Crippen LogP contribution in [-0.4, -0.2) is 5.78 Å². The molecule has 0 aromatic heterocycles. The maximum Gasteiger partial charge on any atom is 0.138 e. The number of hydrogen-bond donors (Lipinski definition) is 0. The Morgan fingerprint density at radius 3 is 1.71 bits per heavy atom. The number of carbonyl (C=O) groups is 1. The van der Waals surface area contributed by atoms with Crippen LogP contribution in [-0.2, 0) is 4.79 Å². The lowest BCUT2D eigenvalue weighted by Crippen LogP contribution is -2.19. The minimum absolute atomic E-state index is 0.174. The van der Waals surface area contributed by atoms with Gasteiger partial charge in [0.25, 0.3) is 0 Å². The summed E-state index contributed by atoms with van der Waals surface area (Å²) < 4.78 is 0. The summed E-state index contributed by atoms with van der Waals surface area (Å²) in [7, 11) is 0. The molecule has 0 bridgehead atoms. The minimum Gasteiger partial charge on any atom is -0.299 e. The van der Waals surface area contributed by atoms with Crippen LogP contribution in [0.2, 0.25) is 0 Å². The van der Waals surface area contributed by atoms with Crippen molar-refractivity contribution in [3.8, 4) is 0 Å². The fourth-order valence-corrected chi connectivity index (χ4v) is 1.51. The Labute approximate surface area is 87.9 Å². The summed E-state index contributed by atoms with van der Waals surface area (Å²) in [6.45, 7) is 11.3. The van der Waals surface area contributed by atoms with Crippen LogP contribution in [0.5, 0.6) is 0 Å². The molecule has 0 aliphatic rings. The van der Waals surface area contributed by atoms with Crippen LogP contribution >= 0.6 is 0 Å². The van der Waals surface area contributed by atoms with E-state index in [9.17, 15) is 4.79 Å². The van der Waals surface area contributed by atoms with Gasteiger partial charge < -0.3 is 0 Å². The minimum atomic E-state index is 0.174. The molecule has 0 spiro atoms. The first-order valence-corrected chi connectivity index (χ1v) is 5.39. The molecule has 80 valence electrons. The van der Waals surface area contributed by atoms with Gasteiger partial charge in [-0.1, -0.05) is 26.0 Å². The molecule has 0 amide bonds. The van der Waals surface area contributed by atoms with Gasteiger partial charge in [-0.3, -0.25) is 4.79 Å². The average molecular weight is 194 g/mol. The van der Waals surface area contributed by atoms with Crippen molar-refractivity contribution >= 4 is 5.78 Å². The van der Waals surface area contributed by atoms with Crippen LogP contribution in [0.3, 0.4) is 0 Å². The molecule has 14 heavy (non-hydrogen) atoms. The van der Waals surface area contributed by atoms with Gasteiger partial charge in [0.1, 0.15) is 5.78 Å². The van der Waals surface area contributed by atoms with Gasteiger partial charge >= 0.3 is 0 Å². The van der Waals surface area contributed by atoms with E-state index in [4.69, 9.17) is 0 Å². The Bertz CT molecular complexity index is 173. The van der Waals surface area contributed by atoms with Gasteiger partial charge in [0.05, 0.1) is 0 Å². The van der Waals surface area contributed by atoms with E-state index in [1.165, 1.54) is 0 Å². The van der Waals surface area contributed by atoms with Crippen LogP contribution in [0.4, 0.5) is 0 Å². The summed E-state index contributed by atoms with van der Waals surface area (Å²) in [5.74, 6) is 0.731. The summed E-state index contributed by atoms with van der Waals surface area (Å²) in [6.07, 6.45) is 7.47. The van der Waals surface area contributed by atoms with Crippen molar-refractivity contribution < 1.29 is 4.79 Å². The number of ketones is 1. The molecule has 0 aromatic carbocycles. The second kappa shape index (κ2) is 7.54. The Morgan fingerprint density at radius 1 is 1.07 bits per heavy atom. The van der Waals surface area contributed by atoms with Gasteiger partial charge in [-0.2, -0.15) is 0 Å². The maximum atomic E-state index is 11.8. The number of allylic oxidation sites excluding steroid dienone is 2. The molecule has 0 saturated carbocycles. The first-order chi connectivity index (χ1) is 6.63. The molecule has 0 saturated heterocycles. The Hall–Kier alpha value is -0.850. The molecule has 2 atom stereocenters. The number of rotatable bonds is 8. The second-order valence-electron chi connectivity index (χ2n) is 3.94. The SMILES string of the molecule is C=CCCC(C)C(=O)C(C)CCC=C. The fourth-order valence-electron chi connectivity index (χ4n) is 1.51. The number of carbonyl (C=O) groups excluding carboxylic acids is 1. The van der Waals surface area contributed by atoms with Gasteiger partial charge in [-0.05, 0) is 25.7 Å². The molecule has 0 N–H and O–H groups in total. The third kappa shape index (κ3) is 5.00. The number of hydrogen-bond acceptors (Lipinski definition) is 1. The molecule has 0 aliphatic carbocycles. The van der Waals surface area contributed by atoms with Crippen molar-refractivity contribution in [2.24, 2.45) is 11.8 Å². The van der Waals surface area contributed by atoms with E-state index in [-0.39, 0.29) is 11.8 Å². The van der Waals surface area contributed by atoms with Gasteiger partial charge in [0.15, 0.2) is 0 Å². The molecule has 1 heteroatoms. The third-order valence-electron chi connectivity index (χ3n) is 2.58. The normalized spacial score (nSPS) is 14.4. The number of Topliss-reactive ketones (excluding diaryl/α,β-unsaturated/α-hetero) is 1. The highest BCUT2D eigenvalue weighted by molar-refractivity contribution is 5.82. The Kier molecular flexibility index (Phi) is 7.09. The Balaban J connectivity index is 3.89. The largest absolute Gasteiger partial charge is 0.299 e. The first kappa shape index (κ1) is 13.2. The predicted molar refractivity (Wildman–Crippen MR) is 62.2 cm³/mol. The van der Waals surface area contributed by atoms with Crippen LogP contribution in [0.15, 0.2) is 25.3 Å². The molecule has 0 radical (unpaired) electrons. The molecular formula is C13H22O. The van der Waals surface area contributed by atoms with Crippen molar-refractivity contribution in [1.82, 2.24) is 0 Å². The molecule has 2 unspecified atom stereocenters. The lowest BCUT2D eigenvalue weighted by molar-refractivity contribution is -0.126. The lowest BCUT2D eigenvalue weighted by Gasteiger charge is -2.14. The molecule has 0 aromatic rings. The molecule has 0 aliphatic heterocycles. The van der Waals surface area contributed by atoms with E-state index in [2.05, 4.69) is 13.2 Å². The van der Waals surface area contributed by atoms with Crippen molar-refractivity contribution in [1.29, 1.82) is 0 Å². The summed E-state index contributed by atoms with van der Waals surface area (Å²) in [6, 6.07) is 0. The zero-order chi connectivity index (χ0) is 11.0. The predicted octanol–water partition coefficient (Wildman–Crippen LogP) is 3.76. The molecule has 0 rings (SSSR count). The average Bonchev–Trinajstić information content (AvgIpc) is 2.21. The lowest BCUT2D eigenvalue weighted by atomic mass is 9.89. The van der Waals surface area contributed by atoms with Gasteiger partial charge in [-0.25, -0.2) is 0 Å². The monoisotopic (exact) mass is 194 g/mol. The summed E-state index contributed by atoms with van der Waals surface area (Å²) in [5.41, 5.74) is 0. The summed E-state index contributed by atoms with van der Waals surface area (Å²) in [4.78, 5) is 11.8. The highest BCUT2D eigenvalue weighted by atomic mass is 16.1. The van der Waals surface area contributed by atoms with Crippen LogP contribution in [0.1, 0.15) is 39.5 Å². The zero-order valence-corrected chi connectivity index (χ0v) is 9.46. The quantitative estimate of drug-likeness (QED) is 0.538. The van der Waals surface area contributed by atoms with Crippen molar-refractivity contribution in [3.63, 3.8) is 0 Å². The summed E-state index contributed by atoms with van der Waals surface area (Å²) >= 11 is 0. The van der Waals surface area contributed by atoms with Crippen molar-refractivity contribution in [3.05, 3.63) is 25.3 Å².